The van der Waals surface area contributed by atoms with Gasteiger partial charge in [0.2, 0.25) is 10.0 Å². The molecular formula is C19H22FN3O2S2. The molecule has 144 valence electrons. The van der Waals surface area contributed by atoms with E-state index in [1.807, 2.05) is 36.9 Å². The van der Waals surface area contributed by atoms with Crippen LogP contribution in [0.4, 0.5) is 10.1 Å². The molecule has 0 atom stereocenters. The molecule has 27 heavy (non-hydrogen) atoms. The van der Waals surface area contributed by atoms with Crippen LogP contribution in [-0.4, -0.2) is 48.9 Å². The van der Waals surface area contributed by atoms with E-state index in [0.29, 0.717) is 31.3 Å². The minimum Gasteiger partial charge on any atom is -0.346 e. The van der Waals surface area contributed by atoms with Crippen molar-refractivity contribution in [2.24, 2.45) is 0 Å². The number of sulfonamides is 1. The number of hydrogen-bond donors (Lipinski definition) is 1. The van der Waals surface area contributed by atoms with Gasteiger partial charge in [-0.1, -0.05) is 18.2 Å². The number of nitrogens with one attached hydrogen (secondary N) is 1. The second-order valence-electron chi connectivity index (χ2n) is 6.60. The van der Waals surface area contributed by atoms with E-state index >= 15 is 0 Å². The summed E-state index contributed by atoms with van der Waals surface area (Å²) in [5.74, 6) is -0.561. The number of hydrogen-bond acceptors (Lipinski definition) is 3. The Balaban J connectivity index is 1.64. The normalized spacial score (nSPS) is 15.6. The fourth-order valence-electron chi connectivity index (χ4n) is 2.97. The molecule has 8 heteroatoms. The fraction of sp³-hybridized carbons (Fsp3) is 0.316. The first-order chi connectivity index (χ1) is 12.8. The van der Waals surface area contributed by atoms with Crippen LogP contribution < -0.4 is 5.32 Å². The number of thiocarbonyl (C=S) groups is 1. The third kappa shape index (κ3) is 4.45. The highest BCUT2D eigenvalue weighted by Gasteiger charge is 2.29. The number of nitrogens with zero attached hydrogens (tertiary/aromatic N) is 2. The highest BCUT2D eigenvalue weighted by atomic mass is 32.2. The predicted octanol–water partition coefficient (Wildman–Crippen LogP) is 3.15. The fourth-order valence-corrected chi connectivity index (χ4v) is 4.72. The van der Waals surface area contributed by atoms with Crippen molar-refractivity contribution in [3.05, 3.63) is 59.4 Å². The van der Waals surface area contributed by atoms with Crippen molar-refractivity contribution < 1.29 is 12.8 Å². The smallest absolute Gasteiger partial charge is 0.243 e. The molecule has 0 aromatic heterocycles. The highest BCUT2D eigenvalue weighted by Crippen LogP contribution is 2.20. The summed E-state index contributed by atoms with van der Waals surface area (Å²) < 4.78 is 40.1. The third-order valence-electron chi connectivity index (χ3n) is 4.59. The summed E-state index contributed by atoms with van der Waals surface area (Å²) in [7, 11) is -3.70. The topological polar surface area (TPSA) is 52.6 Å². The summed E-state index contributed by atoms with van der Waals surface area (Å²) in [6.07, 6.45) is 0. The van der Waals surface area contributed by atoms with Gasteiger partial charge in [-0.15, -0.1) is 0 Å². The summed E-state index contributed by atoms with van der Waals surface area (Å²) in [6, 6.07) is 11.2. The Labute approximate surface area is 164 Å². The zero-order chi connectivity index (χ0) is 19.6. The molecule has 0 aliphatic carbocycles. The lowest BCUT2D eigenvalue weighted by Crippen LogP contribution is -2.51. The van der Waals surface area contributed by atoms with Crippen molar-refractivity contribution in [1.29, 1.82) is 0 Å². The molecule has 0 saturated carbocycles. The number of halogens is 1. The number of anilines is 1. The number of benzene rings is 2. The monoisotopic (exact) mass is 407 g/mol. The Morgan fingerprint density at radius 3 is 2.44 bits per heavy atom. The number of piperazine rings is 1. The maximum atomic E-state index is 13.4. The quantitative estimate of drug-likeness (QED) is 0.793. The van der Waals surface area contributed by atoms with E-state index < -0.39 is 15.8 Å². The second kappa shape index (κ2) is 7.92. The standard InChI is InChI=1S/C19H22FN3O2S2/c1-14-6-7-15(2)18(12-14)21-19(26)22-8-10-23(11-9-22)27(24,25)17-5-3-4-16(20)13-17/h3-7,12-13H,8-11H2,1-2H3,(H,21,26). The second-order valence-corrected chi connectivity index (χ2v) is 8.92. The molecule has 0 bridgehead atoms. The van der Waals surface area contributed by atoms with E-state index in [-0.39, 0.29) is 4.90 Å². The summed E-state index contributed by atoms with van der Waals surface area (Å²) in [6.45, 7) is 5.58. The van der Waals surface area contributed by atoms with E-state index in [4.69, 9.17) is 12.2 Å². The van der Waals surface area contributed by atoms with Crippen molar-refractivity contribution in [2.45, 2.75) is 18.7 Å². The minimum atomic E-state index is -3.70. The van der Waals surface area contributed by atoms with Crippen LogP contribution in [0.15, 0.2) is 47.4 Å². The first kappa shape index (κ1) is 19.7. The number of aryl methyl sites for hydroxylation is 2. The van der Waals surface area contributed by atoms with Gasteiger partial charge in [0.05, 0.1) is 4.90 Å². The lowest BCUT2D eigenvalue weighted by Gasteiger charge is -2.35. The third-order valence-corrected chi connectivity index (χ3v) is 6.85. The Kier molecular flexibility index (Phi) is 5.78. The van der Waals surface area contributed by atoms with Crippen LogP contribution in [-0.2, 0) is 10.0 Å². The molecular weight excluding hydrogens is 385 g/mol. The van der Waals surface area contributed by atoms with Crippen LogP contribution in [0.5, 0.6) is 0 Å². The van der Waals surface area contributed by atoms with Gasteiger partial charge in [-0.3, -0.25) is 0 Å². The summed E-state index contributed by atoms with van der Waals surface area (Å²) in [5.41, 5.74) is 3.18. The van der Waals surface area contributed by atoms with E-state index in [2.05, 4.69) is 5.32 Å². The Morgan fingerprint density at radius 1 is 1.07 bits per heavy atom. The Hall–Kier alpha value is -2.03. The van der Waals surface area contributed by atoms with Gasteiger partial charge in [-0.05, 0) is 61.5 Å². The van der Waals surface area contributed by atoms with Crippen LogP contribution in [0.25, 0.3) is 0 Å². The highest BCUT2D eigenvalue weighted by molar-refractivity contribution is 7.89. The zero-order valence-electron chi connectivity index (χ0n) is 15.3. The lowest BCUT2D eigenvalue weighted by molar-refractivity contribution is 0.268. The summed E-state index contributed by atoms with van der Waals surface area (Å²) in [4.78, 5) is 1.93. The average Bonchev–Trinajstić information content (AvgIpc) is 2.65. The molecule has 1 saturated heterocycles. The van der Waals surface area contributed by atoms with E-state index in [0.717, 1.165) is 22.9 Å². The van der Waals surface area contributed by atoms with Gasteiger partial charge in [-0.25, -0.2) is 12.8 Å². The van der Waals surface area contributed by atoms with Gasteiger partial charge in [0.1, 0.15) is 5.82 Å². The van der Waals surface area contributed by atoms with Crippen molar-refractivity contribution in [2.75, 3.05) is 31.5 Å². The van der Waals surface area contributed by atoms with Gasteiger partial charge in [0.15, 0.2) is 5.11 Å². The zero-order valence-corrected chi connectivity index (χ0v) is 16.9. The van der Waals surface area contributed by atoms with Crippen LogP contribution in [0.3, 0.4) is 0 Å². The van der Waals surface area contributed by atoms with E-state index in [1.54, 1.807) is 0 Å². The molecule has 5 nitrogen and oxygen atoms in total. The summed E-state index contributed by atoms with van der Waals surface area (Å²) in [5, 5.41) is 3.83. The molecule has 1 N–H and O–H groups in total. The van der Waals surface area contributed by atoms with Crippen LogP contribution >= 0.6 is 12.2 Å². The summed E-state index contributed by atoms with van der Waals surface area (Å²) >= 11 is 5.50. The maximum Gasteiger partial charge on any atom is 0.243 e. The SMILES string of the molecule is Cc1ccc(C)c(NC(=S)N2CCN(S(=O)(=O)c3cccc(F)c3)CC2)c1. The Bertz CT molecular complexity index is 955. The van der Waals surface area contributed by atoms with Crippen LogP contribution in [0, 0.1) is 19.7 Å². The number of rotatable bonds is 3. The molecule has 1 aliphatic heterocycles. The molecule has 2 aromatic rings. The van der Waals surface area contributed by atoms with Gasteiger partial charge in [0.25, 0.3) is 0 Å². The average molecular weight is 408 g/mol. The molecule has 1 fully saturated rings. The first-order valence-electron chi connectivity index (χ1n) is 8.66. The van der Waals surface area contributed by atoms with Crippen molar-refractivity contribution in [1.82, 2.24) is 9.21 Å². The molecule has 2 aromatic carbocycles. The lowest BCUT2D eigenvalue weighted by atomic mass is 10.1. The van der Waals surface area contributed by atoms with Crippen LogP contribution in [0.2, 0.25) is 0 Å². The van der Waals surface area contributed by atoms with Gasteiger partial charge in [0, 0.05) is 31.9 Å². The largest absolute Gasteiger partial charge is 0.346 e. The molecule has 1 heterocycles. The molecule has 0 unspecified atom stereocenters. The van der Waals surface area contributed by atoms with Crippen molar-refractivity contribution >= 4 is 33.0 Å². The molecule has 0 radical (unpaired) electrons. The van der Waals surface area contributed by atoms with Gasteiger partial charge >= 0.3 is 0 Å². The molecule has 1 aliphatic rings. The maximum absolute atomic E-state index is 13.4. The first-order valence-corrected chi connectivity index (χ1v) is 10.5. The minimum absolute atomic E-state index is 0.0213. The Morgan fingerprint density at radius 2 is 1.78 bits per heavy atom. The van der Waals surface area contributed by atoms with E-state index in [9.17, 15) is 12.8 Å². The van der Waals surface area contributed by atoms with E-state index in [1.165, 1.54) is 22.5 Å². The van der Waals surface area contributed by atoms with Crippen molar-refractivity contribution in [3.8, 4) is 0 Å². The van der Waals surface area contributed by atoms with Gasteiger partial charge < -0.3 is 10.2 Å². The van der Waals surface area contributed by atoms with Crippen molar-refractivity contribution in [3.63, 3.8) is 0 Å². The molecule has 0 spiro atoms. The predicted molar refractivity (Wildman–Crippen MR) is 109 cm³/mol. The van der Waals surface area contributed by atoms with Crippen LogP contribution in [0.1, 0.15) is 11.1 Å². The molecule has 3 rings (SSSR count). The van der Waals surface area contributed by atoms with Gasteiger partial charge in [-0.2, -0.15) is 4.31 Å². The molecule has 0 amide bonds.